The maximum atomic E-state index is 11.1. The Morgan fingerprint density at radius 3 is 2.56 bits per heavy atom. The van der Waals surface area contributed by atoms with Crippen LogP contribution in [0.15, 0.2) is 0 Å². The number of nitrogens with zero attached hydrogens (tertiary/aromatic N) is 4. The van der Waals surface area contributed by atoms with Crippen molar-refractivity contribution in [3.63, 3.8) is 0 Å². The minimum absolute atomic E-state index is 0.0996. The lowest BCUT2D eigenvalue weighted by molar-refractivity contribution is -0.384. The average Bonchev–Trinajstić information content (AvgIpc) is 2.28. The first-order valence-corrected chi connectivity index (χ1v) is 6.32. The van der Waals surface area contributed by atoms with Crippen molar-refractivity contribution in [1.29, 1.82) is 0 Å². The minimum atomic E-state index is -0.522. The second-order valence-electron chi connectivity index (χ2n) is 3.92. The van der Waals surface area contributed by atoms with Crippen molar-refractivity contribution >= 4 is 23.1 Å². The van der Waals surface area contributed by atoms with Crippen LogP contribution < -0.4 is 4.90 Å². The lowest BCUT2D eigenvalue weighted by Crippen LogP contribution is -2.26. The second-order valence-corrected chi connectivity index (χ2v) is 4.28. The number of halogens is 1. The van der Waals surface area contributed by atoms with E-state index in [-0.39, 0.29) is 10.8 Å². The summed E-state index contributed by atoms with van der Waals surface area (Å²) >= 11 is 5.85. The van der Waals surface area contributed by atoms with E-state index in [1.807, 2.05) is 11.8 Å². The standard InChI is InChI=1S/C11H17ClN4O2/c1-4-6-7-15(5-2)11-9(16(17)18)10(12)13-8(3)14-11/h4-7H2,1-3H3. The van der Waals surface area contributed by atoms with Gasteiger partial charge in [0.2, 0.25) is 11.0 Å². The summed E-state index contributed by atoms with van der Waals surface area (Å²) in [5.41, 5.74) is -0.208. The quantitative estimate of drug-likeness (QED) is 0.452. The van der Waals surface area contributed by atoms with Gasteiger partial charge in [0.15, 0.2) is 0 Å². The molecule has 0 atom stereocenters. The zero-order chi connectivity index (χ0) is 13.7. The largest absolute Gasteiger partial charge is 0.351 e. The smallest absolute Gasteiger partial charge is 0.348 e. The molecule has 1 aromatic rings. The van der Waals surface area contributed by atoms with Crippen molar-refractivity contribution in [2.24, 2.45) is 0 Å². The van der Waals surface area contributed by atoms with Crippen LogP contribution >= 0.6 is 11.6 Å². The van der Waals surface area contributed by atoms with Crippen LogP contribution in [0.25, 0.3) is 0 Å². The van der Waals surface area contributed by atoms with E-state index in [2.05, 4.69) is 16.9 Å². The Labute approximate surface area is 111 Å². The maximum absolute atomic E-state index is 11.1. The van der Waals surface area contributed by atoms with Crippen molar-refractivity contribution in [2.45, 2.75) is 33.6 Å². The summed E-state index contributed by atoms with van der Waals surface area (Å²) in [7, 11) is 0. The number of nitro groups is 1. The van der Waals surface area contributed by atoms with Crippen molar-refractivity contribution in [2.75, 3.05) is 18.0 Å². The molecule has 7 heteroatoms. The molecule has 0 unspecified atom stereocenters. The molecule has 0 aliphatic rings. The number of anilines is 1. The molecule has 6 nitrogen and oxygen atoms in total. The number of rotatable bonds is 6. The fourth-order valence-corrected chi connectivity index (χ4v) is 1.93. The number of aromatic nitrogens is 2. The third kappa shape index (κ3) is 3.29. The Morgan fingerprint density at radius 1 is 1.39 bits per heavy atom. The van der Waals surface area contributed by atoms with Crippen LogP contribution in [0.2, 0.25) is 5.15 Å². The van der Waals surface area contributed by atoms with Crippen LogP contribution in [0.5, 0.6) is 0 Å². The van der Waals surface area contributed by atoms with Gasteiger partial charge in [-0.2, -0.15) is 0 Å². The minimum Gasteiger partial charge on any atom is -0.351 e. The third-order valence-electron chi connectivity index (χ3n) is 2.58. The first-order valence-electron chi connectivity index (χ1n) is 5.94. The van der Waals surface area contributed by atoms with Gasteiger partial charge >= 0.3 is 5.69 Å². The monoisotopic (exact) mass is 272 g/mol. The molecular weight excluding hydrogens is 256 g/mol. The molecule has 18 heavy (non-hydrogen) atoms. The lowest BCUT2D eigenvalue weighted by Gasteiger charge is -2.21. The van der Waals surface area contributed by atoms with Gasteiger partial charge in [0.25, 0.3) is 0 Å². The van der Waals surface area contributed by atoms with E-state index < -0.39 is 4.92 Å². The number of aryl methyl sites for hydroxylation is 1. The summed E-state index contributed by atoms with van der Waals surface area (Å²) in [5.74, 6) is 0.754. The van der Waals surface area contributed by atoms with Crippen LogP contribution in [-0.2, 0) is 0 Å². The van der Waals surface area contributed by atoms with Crippen LogP contribution in [-0.4, -0.2) is 28.0 Å². The second kappa shape index (κ2) is 6.49. The Morgan fingerprint density at radius 2 is 2.06 bits per heavy atom. The molecule has 0 bridgehead atoms. The molecule has 1 heterocycles. The summed E-state index contributed by atoms with van der Waals surface area (Å²) < 4.78 is 0. The van der Waals surface area contributed by atoms with Gasteiger partial charge in [-0.25, -0.2) is 9.97 Å². The van der Waals surface area contributed by atoms with Crippen LogP contribution in [0.3, 0.4) is 0 Å². The van der Waals surface area contributed by atoms with Gasteiger partial charge in [0.1, 0.15) is 5.82 Å². The van der Waals surface area contributed by atoms with Gasteiger partial charge in [0.05, 0.1) is 4.92 Å². The Hall–Kier alpha value is -1.43. The summed E-state index contributed by atoms with van der Waals surface area (Å²) in [6.45, 7) is 7.05. The molecule has 100 valence electrons. The molecule has 0 amide bonds. The zero-order valence-corrected chi connectivity index (χ0v) is 11.6. The highest BCUT2D eigenvalue weighted by atomic mass is 35.5. The summed E-state index contributed by atoms with van der Waals surface area (Å²) in [6.07, 6.45) is 1.97. The van der Waals surface area contributed by atoms with Crippen molar-refractivity contribution in [1.82, 2.24) is 9.97 Å². The van der Waals surface area contributed by atoms with Gasteiger partial charge in [-0.3, -0.25) is 10.1 Å². The van der Waals surface area contributed by atoms with Gasteiger partial charge in [-0.05, 0) is 20.3 Å². The highest BCUT2D eigenvalue weighted by molar-refractivity contribution is 6.31. The van der Waals surface area contributed by atoms with Gasteiger partial charge in [-0.15, -0.1) is 0 Å². The topological polar surface area (TPSA) is 72.2 Å². The molecule has 0 saturated heterocycles. The summed E-state index contributed by atoms with van der Waals surface area (Å²) in [5, 5.41) is 11.0. The molecule has 0 aromatic carbocycles. The first kappa shape index (κ1) is 14.6. The molecule has 0 spiro atoms. The third-order valence-corrected chi connectivity index (χ3v) is 2.84. The Bertz CT molecular complexity index is 439. The Kier molecular flexibility index (Phi) is 5.27. The fraction of sp³-hybridized carbons (Fsp3) is 0.636. The molecule has 1 rings (SSSR count). The van der Waals surface area contributed by atoms with Gasteiger partial charge in [0, 0.05) is 13.1 Å². The van der Waals surface area contributed by atoms with Gasteiger partial charge < -0.3 is 4.90 Å². The van der Waals surface area contributed by atoms with E-state index in [4.69, 9.17) is 11.6 Å². The summed E-state index contributed by atoms with van der Waals surface area (Å²) in [6, 6.07) is 0. The highest BCUT2D eigenvalue weighted by Crippen LogP contribution is 2.32. The average molecular weight is 273 g/mol. The molecule has 0 aliphatic heterocycles. The molecular formula is C11H17ClN4O2. The van der Waals surface area contributed by atoms with E-state index in [0.29, 0.717) is 18.2 Å². The predicted octanol–water partition coefficient (Wildman–Crippen LogP) is 2.97. The van der Waals surface area contributed by atoms with E-state index in [9.17, 15) is 10.1 Å². The van der Waals surface area contributed by atoms with E-state index in [0.717, 1.165) is 19.4 Å². The molecule has 0 radical (unpaired) electrons. The molecule has 0 N–H and O–H groups in total. The SMILES string of the molecule is CCCCN(CC)c1nc(C)nc(Cl)c1[N+](=O)[O-]. The number of unbranched alkanes of at least 4 members (excludes halogenated alkanes) is 1. The highest BCUT2D eigenvalue weighted by Gasteiger charge is 2.26. The van der Waals surface area contributed by atoms with E-state index in [1.54, 1.807) is 6.92 Å². The van der Waals surface area contributed by atoms with Crippen molar-refractivity contribution in [3.05, 3.63) is 21.1 Å². The van der Waals surface area contributed by atoms with Crippen molar-refractivity contribution < 1.29 is 4.92 Å². The van der Waals surface area contributed by atoms with E-state index >= 15 is 0 Å². The van der Waals surface area contributed by atoms with Gasteiger partial charge in [-0.1, -0.05) is 24.9 Å². The normalized spacial score (nSPS) is 10.4. The molecule has 0 saturated carbocycles. The predicted molar refractivity (Wildman–Crippen MR) is 71.2 cm³/mol. The Balaban J connectivity index is 3.22. The molecule has 1 aromatic heterocycles. The maximum Gasteiger partial charge on any atom is 0.348 e. The molecule has 0 aliphatic carbocycles. The van der Waals surface area contributed by atoms with E-state index in [1.165, 1.54) is 0 Å². The van der Waals surface area contributed by atoms with Crippen LogP contribution in [0, 0.1) is 17.0 Å². The van der Waals surface area contributed by atoms with Crippen LogP contribution in [0.1, 0.15) is 32.5 Å². The lowest BCUT2D eigenvalue weighted by atomic mass is 10.3. The first-order chi connectivity index (χ1) is 8.51. The van der Waals surface area contributed by atoms with Crippen LogP contribution in [0.4, 0.5) is 11.5 Å². The fourth-order valence-electron chi connectivity index (χ4n) is 1.66. The number of hydrogen-bond donors (Lipinski definition) is 0. The zero-order valence-electron chi connectivity index (χ0n) is 10.8. The summed E-state index contributed by atoms with van der Waals surface area (Å²) in [4.78, 5) is 20.4. The van der Waals surface area contributed by atoms with Crippen molar-refractivity contribution in [3.8, 4) is 0 Å². The molecule has 0 fully saturated rings. The number of hydrogen-bond acceptors (Lipinski definition) is 5.